The van der Waals surface area contributed by atoms with Gasteiger partial charge in [0, 0.05) is 5.56 Å². The van der Waals surface area contributed by atoms with Crippen molar-refractivity contribution in [3.63, 3.8) is 0 Å². The number of allylic oxidation sites excluding steroid dienone is 2. The Balaban J connectivity index is 2.12. The Labute approximate surface area is 107 Å². The second-order valence-corrected chi connectivity index (χ2v) is 4.26. The van der Waals surface area contributed by atoms with Crippen LogP contribution in [0.15, 0.2) is 36.1 Å². The maximum Gasteiger partial charge on any atom is 0.227 e. The normalized spacial score (nSPS) is 14.6. The summed E-state index contributed by atoms with van der Waals surface area (Å²) in [5.41, 5.74) is 0.622. The van der Waals surface area contributed by atoms with Crippen LogP contribution in [0.1, 0.15) is 36.5 Å². The second-order valence-electron chi connectivity index (χ2n) is 4.26. The average Bonchev–Trinajstić information content (AvgIpc) is 2.45. The summed E-state index contributed by atoms with van der Waals surface area (Å²) in [6.07, 6.45) is 4.71. The predicted octanol–water partition coefficient (Wildman–Crippen LogP) is 3.35. The highest BCUT2D eigenvalue weighted by molar-refractivity contribution is 6.07. The summed E-state index contributed by atoms with van der Waals surface area (Å²) in [5.74, 6) is 1.14. The first kappa shape index (κ1) is 12.7. The molecule has 96 valence electrons. The van der Waals surface area contributed by atoms with Crippen molar-refractivity contribution in [1.82, 2.24) is 0 Å². The fourth-order valence-electron chi connectivity index (χ4n) is 1.81. The molecule has 0 aliphatic carbocycles. The van der Waals surface area contributed by atoms with E-state index in [1.165, 1.54) is 0 Å². The Kier molecular flexibility index (Phi) is 4.40. The Morgan fingerprint density at radius 2 is 2.33 bits per heavy atom. The molecule has 1 aromatic rings. The van der Waals surface area contributed by atoms with Crippen molar-refractivity contribution < 1.29 is 14.3 Å². The highest BCUT2D eigenvalue weighted by Gasteiger charge is 2.16. The van der Waals surface area contributed by atoms with Crippen molar-refractivity contribution in [1.29, 1.82) is 0 Å². The fraction of sp³-hybridized carbons (Fsp3) is 0.400. The highest BCUT2D eigenvalue weighted by Crippen LogP contribution is 2.19. The van der Waals surface area contributed by atoms with Crippen LogP contribution in [-0.2, 0) is 4.74 Å². The quantitative estimate of drug-likeness (QED) is 0.747. The number of rotatable bonds is 5. The molecule has 1 aliphatic rings. The van der Waals surface area contributed by atoms with Crippen LogP contribution >= 0.6 is 0 Å². The standard InChI is InChI=1S/C15H18O3/c1-2-9-17-13-7-5-6-12(11-13)15(16)14-8-3-4-10-18-14/h5-8,11H,2-4,9-10H2,1H3. The molecule has 3 heteroatoms. The Morgan fingerprint density at radius 3 is 3.06 bits per heavy atom. The van der Waals surface area contributed by atoms with Gasteiger partial charge in [-0.05, 0) is 37.5 Å². The second kappa shape index (κ2) is 6.24. The van der Waals surface area contributed by atoms with Crippen LogP contribution < -0.4 is 4.74 Å². The van der Waals surface area contributed by atoms with Crippen LogP contribution in [-0.4, -0.2) is 19.0 Å². The molecule has 0 amide bonds. The van der Waals surface area contributed by atoms with E-state index in [9.17, 15) is 4.79 Å². The first-order valence-electron chi connectivity index (χ1n) is 6.42. The van der Waals surface area contributed by atoms with Crippen LogP contribution in [0.4, 0.5) is 0 Å². The Bertz CT molecular complexity index is 449. The van der Waals surface area contributed by atoms with Crippen LogP contribution in [0, 0.1) is 0 Å². The number of hydrogen-bond donors (Lipinski definition) is 0. The van der Waals surface area contributed by atoms with Gasteiger partial charge in [-0.25, -0.2) is 0 Å². The van der Waals surface area contributed by atoms with E-state index in [1.54, 1.807) is 12.1 Å². The van der Waals surface area contributed by atoms with Crippen molar-refractivity contribution in [2.45, 2.75) is 26.2 Å². The zero-order valence-corrected chi connectivity index (χ0v) is 10.6. The summed E-state index contributed by atoms with van der Waals surface area (Å²) >= 11 is 0. The minimum absolute atomic E-state index is 0.0587. The molecule has 1 aliphatic heterocycles. The summed E-state index contributed by atoms with van der Waals surface area (Å²) < 4.78 is 10.9. The molecule has 2 rings (SSSR count). The summed E-state index contributed by atoms with van der Waals surface area (Å²) in [6.45, 7) is 3.34. The number of carbonyl (C=O) groups excluding carboxylic acids is 1. The number of ether oxygens (including phenoxy) is 2. The molecule has 0 spiro atoms. The first-order chi connectivity index (χ1) is 8.81. The largest absolute Gasteiger partial charge is 0.494 e. The van der Waals surface area contributed by atoms with E-state index in [-0.39, 0.29) is 5.78 Å². The van der Waals surface area contributed by atoms with Gasteiger partial charge in [0.1, 0.15) is 5.75 Å². The van der Waals surface area contributed by atoms with Gasteiger partial charge in [-0.3, -0.25) is 4.79 Å². The van der Waals surface area contributed by atoms with Gasteiger partial charge in [0.2, 0.25) is 5.78 Å². The molecule has 0 saturated carbocycles. The number of Topliss-reactive ketones (excluding diaryl/α,β-unsaturated/α-hetero) is 1. The van der Waals surface area contributed by atoms with Gasteiger partial charge in [0.15, 0.2) is 5.76 Å². The SMILES string of the molecule is CCCOc1cccc(C(=O)C2=CCCCO2)c1. The van der Waals surface area contributed by atoms with Crippen LogP contribution in [0.25, 0.3) is 0 Å². The molecule has 0 bridgehead atoms. The minimum atomic E-state index is -0.0587. The third-order valence-electron chi connectivity index (χ3n) is 2.73. The van der Waals surface area contributed by atoms with Gasteiger partial charge >= 0.3 is 0 Å². The molecular formula is C15H18O3. The molecule has 18 heavy (non-hydrogen) atoms. The van der Waals surface area contributed by atoms with E-state index >= 15 is 0 Å². The molecule has 0 fully saturated rings. The van der Waals surface area contributed by atoms with Gasteiger partial charge in [-0.15, -0.1) is 0 Å². The molecule has 1 heterocycles. The van der Waals surface area contributed by atoms with E-state index in [0.717, 1.165) is 25.0 Å². The molecule has 0 N–H and O–H groups in total. The lowest BCUT2D eigenvalue weighted by Gasteiger charge is -2.14. The molecule has 0 saturated heterocycles. The molecular weight excluding hydrogens is 228 g/mol. The predicted molar refractivity (Wildman–Crippen MR) is 69.8 cm³/mol. The van der Waals surface area contributed by atoms with Gasteiger partial charge in [-0.2, -0.15) is 0 Å². The molecule has 0 radical (unpaired) electrons. The molecule has 0 aromatic heterocycles. The maximum absolute atomic E-state index is 12.2. The highest BCUT2D eigenvalue weighted by atomic mass is 16.5. The Hall–Kier alpha value is -1.77. The monoisotopic (exact) mass is 246 g/mol. The van der Waals surface area contributed by atoms with E-state index in [0.29, 0.717) is 24.5 Å². The molecule has 3 nitrogen and oxygen atoms in total. The van der Waals surface area contributed by atoms with Crippen molar-refractivity contribution >= 4 is 5.78 Å². The summed E-state index contributed by atoms with van der Waals surface area (Å²) in [7, 11) is 0. The van der Waals surface area contributed by atoms with Gasteiger partial charge < -0.3 is 9.47 Å². The van der Waals surface area contributed by atoms with Crippen molar-refractivity contribution in [2.75, 3.05) is 13.2 Å². The van der Waals surface area contributed by atoms with Crippen LogP contribution in [0.3, 0.4) is 0 Å². The maximum atomic E-state index is 12.2. The van der Waals surface area contributed by atoms with E-state index in [1.807, 2.05) is 18.2 Å². The number of benzene rings is 1. The van der Waals surface area contributed by atoms with E-state index in [4.69, 9.17) is 9.47 Å². The van der Waals surface area contributed by atoms with Crippen LogP contribution in [0.5, 0.6) is 5.75 Å². The Morgan fingerprint density at radius 1 is 1.44 bits per heavy atom. The molecule has 0 unspecified atom stereocenters. The zero-order valence-electron chi connectivity index (χ0n) is 10.6. The van der Waals surface area contributed by atoms with Gasteiger partial charge in [0.25, 0.3) is 0 Å². The minimum Gasteiger partial charge on any atom is -0.494 e. The lowest BCUT2D eigenvalue weighted by atomic mass is 10.1. The number of ketones is 1. The van der Waals surface area contributed by atoms with Crippen molar-refractivity contribution in [3.8, 4) is 5.75 Å². The van der Waals surface area contributed by atoms with E-state index in [2.05, 4.69) is 6.92 Å². The topological polar surface area (TPSA) is 35.5 Å². The van der Waals surface area contributed by atoms with Crippen LogP contribution in [0.2, 0.25) is 0 Å². The lowest BCUT2D eigenvalue weighted by Crippen LogP contribution is -2.11. The number of hydrogen-bond acceptors (Lipinski definition) is 3. The fourth-order valence-corrected chi connectivity index (χ4v) is 1.81. The summed E-state index contributed by atoms with van der Waals surface area (Å²) in [6, 6.07) is 7.26. The average molecular weight is 246 g/mol. The van der Waals surface area contributed by atoms with E-state index < -0.39 is 0 Å². The molecule has 1 aromatic carbocycles. The smallest absolute Gasteiger partial charge is 0.227 e. The summed E-state index contributed by atoms with van der Waals surface area (Å²) in [4.78, 5) is 12.2. The van der Waals surface area contributed by atoms with Gasteiger partial charge in [-0.1, -0.05) is 19.1 Å². The van der Waals surface area contributed by atoms with Crippen molar-refractivity contribution in [3.05, 3.63) is 41.7 Å². The lowest BCUT2D eigenvalue weighted by molar-refractivity contribution is 0.0898. The number of carbonyl (C=O) groups is 1. The third-order valence-corrected chi connectivity index (χ3v) is 2.73. The summed E-state index contributed by atoms with van der Waals surface area (Å²) in [5, 5.41) is 0. The molecule has 0 atom stereocenters. The van der Waals surface area contributed by atoms with Crippen molar-refractivity contribution in [2.24, 2.45) is 0 Å². The zero-order chi connectivity index (χ0) is 12.8. The van der Waals surface area contributed by atoms with Gasteiger partial charge in [0.05, 0.1) is 13.2 Å². The third kappa shape index (κ3) is 3.13. The first-order valence-corrected chi connectivity index (χ1v) is 6.42.